The third-order valence-corrected chi connectivity index (χ3v) is 14.1. The molecule has 11 atom stereocenters. The summed E-state index contributed by atoms with van der Waals surface area (Å²) in [6.45, 7) is 4.95. The van der Waals surface area contributed by atoms with Crippen LogP contribution in [0, 0.1) is 39.9 Å². The number of carbonyl (C=O) groups excluding carboxylic acids is 3. The van der Waals surface area contributed by atoms with Gasteiger partial charge >= 0.3 is 5.97 Å². The molecule has 190 valence electrons. The van der Waals surface area contributed by atoms with Crippen LogP contribution in [-0.4, -0.2) is 61.0 Å². The number of Topliss-reactive ketones (excluding diaryl/α,β-unsaturated/α-hetero) is 2. The van der Waals surface area contributed by atoms with Gasteiger partial charge in [-0.3, -0.25) is 14.4 Å². The number of hydrogen-bond donors (Lipinski definition) is 2. The molecule has 2 N–H and O–H groups in total. The minimum atomic E-state index is -1.85. The summed E-state index contributed by atoms with van der Waals surface area (Å²) in [6.07, 6.45) is 1.25. The quantitative estimate of drug-likeness (QED) is 0.267. The maximum atomic E-state index is 17.2. The smallest absolute Gasteiger partial charge is 0.320 e. The van der Waals surface area contributed by atoms with Crippen molar-refractivity contribution < 1.29 is 33.7 Å². The Morgan fingerprint density at radius 3 is 2.56 bits per heavy atom. The van der Waals surface area contributed by atoms with Crippen molar-refractivity contribution in [3.05, 3.63) is 0 Å². The molecule has 5 rings (SSSR count). The number of fused-ring (bicyclic) bond motifs is 4. The molecule has 0 aromatic carbocycles. The van der Waals surface area contributed by atoms with Crippen molar-refractivity contribution in [3.8, 4) is 0 Å². The molecule has 5 saturated carbocycles. The average Bonchev–Trinajstić information content (AvgIpc) is 2.99. The molecule has 1 spiro atoms. The topological polar surface area (TPSA) is 101 Å². The molecule has 5 aliphatic carbocycles. The minimum absolute atomic E-state index is 0.0374. The van der Waals surface area contributed by atoms with Gasteiger partial charge in [0.05, 0.1) is 6.10 Å². The van der Waals surface area contributed by atoms with Gasteiger partial charge < -0.3 is 14.9 Å². The molecule has 0 radical (unpaired) electrons. The van der Waals surface area contributed by atoms with Gasteiger partial charge in [-0.2, -0.15) is 0 Å². The Labute approximate surface area is 221 Å². The van der Waals surface area contributed by atoms with Crippen LogP contribution in [0.1, 0.15) is 59.3 Å². The standard InChI is InChI=1S/C25H33BrFIO6/c1-12-6-14-13-4-5-23-8-17(29)15(23)7-22(23,3)24(13,27)18(30)9-21(14,2)25(12,33)19(31)11-34-20(32)16(26)10-28/h12-16,18,30,33H,4-11H2,1-3H3/t12-,13?,14?,15?,16?,18-,21-,22?,23-,24?,25+/m0/s1. The SMILES string of the molecule is C[C@H]1CC2C3CC[C@]45CC(=O)C4CC5(C)C3(F)[C@@H](O)C[C@]2(C)[C@]1(O)C(=O)COC(=O)C(Br)CI. The van der Waals surface area contributed by atoms with Crippen LogP contribution in [0.4, 0.5) is 4.39 Å². The van der Waals surface area contributed by atoms with Gasteiger partial charge in [-0.1, -0.05) is 59.3 Å². The van der Waals surface area contributed by atoms with Crippen molar-refractivity contribution in [2.45, 2.75) is 81.5 Å². The zero-order valence-corrected chi connectivity index (χ0v) is 23.5. The van der Waals surface area contributed by atoms with Crippen molar-refractivity contribution in [1.82, 2.24) is 0 Å². The number of hydrogen-bond acceptors (Lipinski definition) is 6. The van der Waals surface area contributed by atoms with Crippen molar-refractivity contribution in [3.63, 3.8) is 0 Å². The van der Waals surface area contributed by atoms with Gasteiger partial charge in [0.2, 0.25) is 5.78 Å². The Hall–Kier alpha value is -0.130. The molecule has 0 bridgehead atoms. The fourth-order valence-electron chi connectivity index (χ4n) is 9.44. The van der Waals surface area contributed by atoms with E-state index in [2.05, 4.69) is 15.9 Å². The van der Waals surface area contributed by atoms with Gasteiger partial charge in [0.25, 0.3) is 0 Å². The maximum Gasteiger partial charge on any atom is 0.320 e. The lowest BCUT2D eigenvalue weighted by molar-refractivity contribution is -0.333. The number of ketones is 2. The lowest BCUT2D eigenvalue weighted by atomic mass is 9.25. The van der Waals surface area contributed by atoms with E-state index < -0.39 is 63.2 Å². The summed E-state index contributed by atoms with van der Waals surface area (Å²) in [5.41, 5.74) is -5.82. The van der Waals surface area contributed by atoms with Crippen LogP contribution in [0.3, 0.4) is 0 Å². The Balaban J connectivity index is 1.44. The monoisotopic (exact) mass is 654 g/mol. The van der Waals surface area contributed by atoms with Crippen LogP contribution in [0.5, 0.6) is 0 Å². The fraction of sp³-hybridized carbons (Fsp3) is 0.880. The van der Waals surface area contributed by atoms with E-state index in [9.17, 15) is 24.6 Å². The summed E-state index contributed by atoms with van der Waals surface area (Å²) in [6, 6.07) is 0. The first-order valence-corrected chi connectivity index (χ1v) is 14.7. The Morgan fingerprint density at radius 1 is 1.29 bits per heavy atom. The highest BCUT2D eigenvalue weighted by atomic mass is 127. The van der Waals surface area contributed by atoms with Crippen LogP contribution in [0.15, 0.2) is 0 Å². The van der Waals surface area contributed by atoms with Crippen molar-refractivity contribution in [2.24, 2.45) is 39.9 Å². The largest absolute Gasteiger partial charge is 0.457 e. The van der Waals surface area contributed by atoms with E-state index in [0.717, 1.165) is 6.42 Å². The van der Waals surface area contributed by atoms with Gasteiger partial charge in [-0.05, 0) is 55.3 Å². The van der Waals surface area contributed by atoms with Gasteiger partial charge in [0.1, 0.15) is 21.9 Å². The lowest BCUT2D eigenvalue weighted by Gasteiger charge is -2.78. The molecule has 34 heavy (non-hydrogen) atoms. The summed E-state index contributed by atoms with van der Waals surface area (Å²) in [5.74, 6) is -2.26. The van der Waals surface area contributed by atoms with Gasteiger partial charge in [0, 0.05) is 27.6 Å². The first-order valence-electron chi connectivity index (χ1n) is 12.3. The Morgan fingerprint density at radius 2 is 1.97 bits per heavy atom. The molecular weight excluding hydrogens is 622 g/mol. The number of rotatable bonds is 5. The maximum absolute atomic E-state index is 17.2. The zero-order chi connectivity index (χ0) is 25.1. The number of alkyl halides is 3. The predicted molar refractivity (Wildman–Crippen MR) is 133 cm³/mol. The van der Waals surface area contributed by atoms with Gasteiger partial charge in [-0.15, -0.1) is 0 Å². The molecule has 0 saturated heterocycles. The van der Waals surface area contributed by atoms with E-state index in [-0.39, 0.29) is 29.5 Å². The highest BCUT2D eigenvalue weighted by Gasteiger charge is 2.85. The number of ether oxygens (including phenoxy) is 1. The highest BCUT2D eigenvalue weighted by molar-refractivity contribution is 14.1. The van der Waals surface area contributed by atoms with E-state index in [1.54, 1.807) is 13.8 Å². The van der Waals surface area contributed by atoms with E-state index in [4.69, 9.17) is 4.74 Å². The second-order valence-electron chi connectivity index (χ2n) is 12.1. The summed E-state index contributed by atoms with van der Waals surface area (Å²) in [7, 11) is 0. The number of halogens is 3. The first kappa shape index (κ1) is 25.5. The van der Waals surface area contributed by atoms with Crippen LogP contribution in [0.25, 0.3) is 0 Å². The minimum Gasteiger partial charge on any atom is -0.457 e. The summed E-state index contributed by atoms with van der Waals surface area (Å²) >= 11 is 5.24. The zero-order valence-electron chi connectivity index (χ0n) is 19.8. The summed E-state index contributed by atoms with van der Waals surface area (Å²) < 4.78 is 22.9. The average molecular weight is 655 g/mol. The molecule has 0 aliphatic heterocycles. The third kappa shape index (κ3) is 2.66. The summed E-state index contributed by atoms with van der Waals surface area (Å²) in [5, 5.41) is 23.3. The molecule has 6 nitrogen and oxygen atoms in total. The van der Waals surface area contributed by atoms with Crippen molar-refractivity contribution in [1.29, 1.82) is 0 Å². The predicted octanol–water partition coefficient (Wildman–Crippen LogP) is 3.56. The van der Waals surface area contributed by atoms with Crippen molar-refractivity contribution >= 4 is 56.1 Å². The molecule has 6 unspecified atom stereocenters. The first-order chi connectivity index (χ1) is 15.7. The second-order valence-corrected chi connectivity index (χ2v) is 14.1. The Kier molecular flexibility index (Phi) is 5.77. The molecule has 5 fully saturated rings. The van der Waals surface area contributed by atoms with Crippen LogP contribution < -0.4 is 0 Å². The number of esters is 1. The molecule has 0 aromatic rings. The van der Waals surface area contributed by atoms with Crippen LogP contribution >= 0.6 is 38.5 Å². The third-order valence-electron chi connectivity index (χ3n) is 11.3. The molecule has 9 heteroatoms. The van der Waals surface area contributed by atoms with Gasteiger partial charge in [0.15, 0.2) is 6.61 Å². The normalized spacial score (nSPS) is 53.9. The number of carbonyl (C=O) groups is 3. The van der Waals surface area contributed by atoms with Crippen LogP contribution in [-0.2, 0) is 19.1 Å². The van der Waals surface area contributed by atoms with E-state index in [0.29, 0.717) is 30.1 Å². The molecule has 0 heterocycles. The highest BCUT2D eigenvalue weighted by Crippen LogP contribution is 2.82. The molecule has 5 aliphatic rings. The number of aliphatic hydroxyl groups is 2. The second kappa shape index (κ2) is 7.69. The van der Waals surface area contributed by atoms with Crippen LogP contribution in [0.2, 0.25) is 0 Å². The fourth-order valence-corrected chi connectivity index (χ4v) is 9.93. The molecule has 0 aromatic heterocycles. The Bertz CT molecular complexity index is 964. The van der Waals surface area contributed by atoms with E-state index >= 15 is 4.39 Å². The van der Waals surface area contributed by atoms with E-state index in [1.165, 1.54) is 0 Å². The molecule has 0 amide bonds. The molecular formula is C25H33BrFIO6. The summed E-state index contributed by atoms with van der Waals surface area (Å²) in [4.78, 5) is 37.1. The van der Waals surface area contributed by atoms with Gasteiger partial charge in [-0.25, -0.2) is 4.39 Å². The van der Waals surface area contributed by atoms with Crippen molar-refractivity contribution in [2.75, 3.05) is 11.0 Å². The lowest BCUT2D eigenvalue weighted by Crippen LogP contribution is -2.81. The number of aliphatic hydroxyl groups excluding tert-OH is 1. The van der Waals surface area contributed by atoms with E-state index in [1.807, 2.05) is 29.5 Å².